The molecule has 3 aromatic rings. The van der Waals surface area contributed by atoms with Crippen LogP contribution in [0.15, 0.2) is 42.6 Å². The van der Waals surface area contributed by atoms with E-state index in [9.17, 15) is 0 Å². The molecule has 134 valence electrons. The van der Waals surface area contributed by atoms with E-state index in [4.69, 9.17) is 5.73 Å². The Labute approximate surface area is 152 Å². The molecule has 1 aliphatic heterocycles. The second-order valence-corrected chi connectivity index (χ2v) is 6.81. The minimum Gasteiger partial charge on any atom is -0.383 e. The van der Waals surface area contributed by atoms with Crippen LogP contribution in [0.3, 0.4) is 0 Å². The summed E-state index contributed by atoms with van der Waals surface area (Å²) >= 11 is 0. The maximum Gasteiger partial charge on any atom is 0.151 e. The van der Waals surface area contributed by atoms with E-state index in [0.29, 0.717) is 18.4 Å². The van der Waals surface area contributed by atoms with Crippen LogP contribution < -0.4 is 10.6 Å². The Kier molecular flexibility index (Phi) is 4.62. The van der Waals surface area contributed by atoms with E-state index in [1.54, 1.807) is 6.20 Å². The predicted molar refractivity (Wildman–Crippen MR) is 103 cm³/mol. The number of benzene rings is 1. The molecule has 2 N–H and O–H groups in total. The predicted octanol–water partition coefficient (Wildman–Crippen LogP) is 2.10. The van der Waals surface area contributed by atoms with Crippen LogP contribution >= 0.6 is 0 Å². The maximum absolute atomic E-state index is 6.10. The number of likely N-dealkylation sites (N-methyl/N-ethyl adjacent to an activating group) is 1. The third kappa shape index (κ3) is 3.43. The highest BCUT2D eigenvalue weighted by Gasteiger charge is 2.27. The zero-order chi connectivity index (χ0) is 17.9. The summed E-state index contributed by atoms with van der Waals surface area (Å²) in [6, 6.07) is 12.2. The van der Waals surface area contributed by atoms with Gasteiger partial charge in [-0.3, -0.25) is 4.90 Å². The van der Waals surface area contributed by atoms with Crippen LogP contribution in [0, 0.1) is 0 Å². The number of para-hydroxylation sites is 1. The van der Waals surface area contributed by atoms with Gasteiger partial charge < -0.3 is 10.6 Å². The van der Waals surface area contributed by atoms with Gasteiger partial charge in [-0.1, -0.05) is 12.1 Å². The van der Waals surface area contributed by atoms with Crippen molar-refractivity contribution in [1.82, 2.24) is 25.1 Å². The van der Waals surface area contributed by atoms with Crippen LogP contribution in [0.5, 0.6) is 0 Å². The molecule has 0 saturated carbocycles. The summed E-state index contributed by atoms with van der Waals surface area (Å²) in [4.78, 5) is 13.7. The Balaban J connectivity index is 1.46. The minimum absolute atomic E-state index is 0.425. The summed E-state index contributed by atoms with van der Waals surface area (Å²) < 4.78 is 0. The molecule has 0 amide bonds. The van der Waals surface area contributed by atoms with Crippen molar-refractivity contribution in [3.8, 4) is 0 Å². The fourth-order valence-corrected chi connectivity index (χ4v) is 3.66. The molecule has 1 aromatic carbocycles. The van der Waals surface area contributed by atoms with Crippen LogP contribution in [0.25, 0.3) is 10.9 Å². The van der Waals surface area contributed by atoms with Gasteiger partial charge in [-0.15, -0.1) is 5.10 Å². The third-order valence-corrected chi connectivity index (χ3v) is 4.84. The summed E-state index contributed by atoms with van der Waals surface area (Å²) in [5.41, 5.74) is 7.00. The summed E-state index contributed by atoms with van der Waals surface area (Å²) in [6.45, 7) is 2.61. The van der Waals surface area contributed by atoms with Gasteiger partial charge in [-0.05, 0) is 44.2 Å². The topological polar surface area (TPSA) is 84.1 Å². The van der Waals surface area contributed by atoms with Gasteiger partial charge in [0.2, 0.25) is 0 Å². The molecule has 7 nitrogen and oxygen atoms in total. The fraction of sp³-hybridized carbons (Fsp3) is 0.368. The standard InChI is InChI=1S/C19H23N7/c1-25(12-14-6-5-11-26(14)18-9-4-10-21-24-18)13-17-22-16-8-3-2-7-15(16)19(20)23-17/h2-4,7-10,14H,5-6,11-13H2,1H3,(H2,20,22,23)/t14-/m0/s1. The summed E-state index contributed by atoms with van der Waals surface area (Å²) in [5.74, 6) is 2.25. The second-order valence-electron chi connectivity index (χ2n) is 6.81. The Morgan fingerprint density at radius 1 is 1.19 bits per heavy atom. The number of hydrogen-bond acceptors (Lipinski definition) is 7. The van der Waals surface area contributed by atoms with E-state index in [0.717, 1.165) is 42.1 Å². The first-order chi connectivity index (χ1) is 12.7. The Morgan fingerprint density at radius 2 is 2.08 bits per heavy atom. The molecule has 0 spiro atoms. The van der Waals surface area contributed by atoms with Gasteiger partial charge >= 0.3 is 0 Å². The molecule has 0 unspecified atom stereocenters. The minimum atomic E-state index is 0.425. The number of anilines is 2. The van der Waals surface area contributed by atoms with E-state index in [1.807, 2.05) is 36.4 Å². The van der Waals surface area contributed by atoms with Crippen molar-refractivity contribution in [2.24, 2.45) is 0 Å². The number of hydrogen-bond donors (Lipinski definition) is 1. The average Bonchev–Trinajstić information content (AvgIpc) is 3.10. The van der Waals surface area contributed by atoms with E-state index < -0.39 is 0 Å². The lowest BCUT2D eigenvalue weighted by Gasteiger charge is -2.29. The van der Waals surface area contributed by atoms with Crippen molar-refractivity contribution in [3.05, 3.63) is 48.4 Å². The van der Waals surface area contributed by atoms with E-state index in [2.05, 4.69) is 37.0 Å². The number of nitrogens with two attached hydrogens (primary N) is 1. The summed E-state index contributed by atoms with van der Waals surface area (Å²) in [7, 11) is 2.10. The lowest BCUT2D eigenvalue weighted by molar-refractivity contribution is 0.296. The van der Waals surface area contributed by atoms with Crippen molar-refractivity contribution in [2.45, 2.75) is 25.4 Å². The van der Waals surface area contributed by atoms with Gasteiger partial charge in [0.05, 0.1) is 12.1 Å². The fourth-order valence-electron chi connectivity index (χ4n) is 3.66. The van der Waals surface area contributed by atoms with Gasteiger partial charge in [-0.2, -0.15) is 5.10 Å². The Bertz CT molecular complexity index is 883. The van der Waals surface area contributed by atoms with Crippen molar-refractivity contribution in [2.75, 3.05) is 30.8 Å². The molecule has 0 radical (unpaired) electrons. The Hall–Kier alpha value is -2.80. The SMILES string of the molecule is CN(Cc1nc(N)c2ccccc2n1)C[C@@H]1CCCN1c1cccnn1. The van der Waals surface area contributed by atoms with Gasteiger partial charge in [-0.25, -0.2) is 9.97 Å². The van der Waals surface area contributed by atoms with Crippen molar-refractivity contribution in [1.29, 1.82) is 0 Å². The van der Waals surface area contributed by atoms with Gasteiger partial charge in [0, 0.05) is 30.7 Å². The molecule has 1 saturated heterocycles. The van der Waals surface area contributed by atoms with Crippen LogP contribution in [-0.4, -0.2) is 51.2 Å². The summed E-state index contributed by atoms with van der Waals surface area (Å²) in [5, 5.41) is 9.18. The molecule has 0 aliphatic carbocycles. The molecule has 4 rings (SSSR count). The molecule has 26 heavy (non-hydrogen) atoms. The first-order valence-corrected chi connectivity index (χ1v) is 8.95. The lowest BCUT2D eigenvalue weighted by atomic mass is 10.2. The molecule has 3 heterocycles. The zero-order valence-electron chi connectivity index (χ0n) is 14.9. The van der Waals surface area contributed by atoms with E-state index >= 15 is 0 Å². The molecule has 7 heteroatoms. The highest BCUT2D eigenvalue weighted by Crippen LogP contribution is 2.24. The van der Waals surface area contributed by atoms with Gasteiger partial charge in [0.1, 0.15) is 11.6 Å². The van der Waals surface area contributed by atoms with Crippen LogP contribution in [-0.2, 0) is 6.54 Å². The number of aromatic nitrogens is 4. The van der Waals surface area contributed by atoms with Crippen LogP contribution in [0.4, 0.5) is 11.6 Å². The quantitative estimate of drug-likeness (QED) is 0.755. The highest BCUT2D eigenvalue weighted by atomic mass is 15.3. The van der Waals surface area contributed by atoms with Crippen LogP contribution in [0.2, 0.25) is 0 Å². The number of nitrogens with zero attached hydrogens (tertiary/aromatic N) is 6. The van der Waals surface area contributed by atoms with Crippen molar-refractivity contribution < 1.29 is 0 Å². The molecule has 1 atom stereocenters. The number of fused-ring (bicyclic) bond motifs is 1. The average molecular weight is 349 g/mol. The molecular formula is C19H23N7. The normalized spacial score (nSPS) is 17.3. The monoisotopic (exact) mass is 349 g/mol. The zero-order valence-corrected chi connectivity index (χ0v) is 14.9. The van der Waals surface area contributed by atoms with E-state index in [1.165, 1.54) is 6.42 Å². The van der Waals surface area contributed by atoms with Gasteiger partial charge in [0.15, 0.2) is 5.82 Å². The molecule has 2 aromatic heterocycles. The lowest BCUT2D eigenvalue weighted by Crippen LogP contribution is -2.39. The number of nitrogen functional groups attached to an aromatic ring is 1. The van der Waals surface area contributed by atoms with Gasteiger partial charge in [0.25, 0.3) is 0 Å². The third-order valence-electron chi connectivity index (χ3n) is 4.84. The highest BCUT2D eigenvalue weighted by molar-refractivity contribution is 5.87. The number of rotatable bonds is 5. The first-order valence-electron chi connectivity index (χ1n) is 8.95. The molecule has 1 fully saturated rings. The van der Waals surface area contributed by atoms with Crippen molar-refractivity contribution in [3.63, 3.8) is 0 Å². The molecule has 1 aliphatic rings. The van der Waals surface area contributed by atoms with E-state index in [-0.39, 0.29) is 0 Å². The summed E-state index contributed by atoms with van der Waals surface area (Å²) in [6.07, 6.45) is 4.04. The first kappa shape index (κ1) is 16.7. The van der Waals surface area contributed by atoms with Crippen molar-refractivity contribution >= 4 is 22.5 Å². The maximum atomic E-state index is 6.10. The smallest absolute Gasteiger partial charge is 0.151 e. The Morgan fingerprint density at radius 3 is 2.92 bits per heavy atom. The molecular weight excluding hydrogens is 326 g/mol. The second kappa shape index (κ2) is 7.21. The largest absolute Gasteiger partial charge is 0.383 e. The molecule has 0 bridgehead atoms. The van der Waals surface area contributed by atoms with Crippen LogP contribution in [0.1, 0.15) is 18.7 Å².